The number of rotatable bonds is 5. The Morgan fingerprint density at radius 1 is 1.35 bits per heavy atom. The molecule has 1 aromatic heterocycles. The molecule has 166 valence electrons. The number of hydrogen-bond acceptors (Lipinski definition) is 6. The molecule has 1 saturated carbocycles. The Kier molecular flexibility index (Phi) is 5.52. The summed E-state index contributed by atoms with van der Waals surface area (Å²) >= 11 is 0. The number of amides is 3. The molecule has 1 fully saturated rings. The molecule has 0 spiro atoms. The predicted octanol–water partition coefficient (Wildman–Crippen LogP) is 3.05. The smallest absolute Gasteiger partial charge is 0.407 e. The molecule has 1 aliphatic heterocycles. The second kappa shape index (κ2) is 8.14. The largest absolute Gasteiger partial charge is 0.446 e. The predicted molar refractivity (Wildman–Crippen MR) is 119 cm³/mol. The third kappa shape index (κ3) is 4.61. The second-order valence-corrected chi connectivity index (χ2v) is 10.1. The van der Waals surface area contributed by atoms with Crippen LogP contribution >= 0.6 is 0 Å². The zero-order chi connectivity index (χ0) is 22.2. The quantitative estimate of drug-likeness (QED) is 0.448. The number of para-hydroxylation sites is 1. The van der Waals surface area contributed by atoms with E-state index in [4.69, 9.17) is 4.74 Å². The number of anilines is 3. The van der Waals surface area contributed by atoms with Gasteiger partial charge in [-0.15, -0.1) is 0 Å². The van der Waals surface area contributed by atoms with Crippen molar-refractivity contribution < 1.29 is 18.5 Å². The van der Waals surface area contributed by atoms with Crippen LogP contribution in [0.4, 0.5) is 26.8 Å². The van der Waals surface area contributed by atoms with Crippen LogP contribution in [0.5, 0.6) is 0 Å². The molecule has 1 unspecified atom stereocenters. The third-order valence-corrected chi connectivity index (χ3v) is 6.81. The first-order chi connectivity index (χ1) is 14.7. The van der Waals surface area contributed by atoms with Crippen molar-refractivity contribution in [3.63, 3.8) is 0 Å². The molecular formula is C20H26N6O4S. The van der Waals surface area contributed by atoms with E-state index in [9.17, 15) is 13.8 Å². The van der Waals surface area contributed by atoms with E-state index < -0.39 is 15.7 Å². The first-order valence-electron chi connectivity index (χ1n) is 10.1. The zero-order valence-electron chi connectivity index (χ0n) is 17.4. The van der Waals surface area contributed by atoms with E-state index in [1.54, 1.807) is 18.2 Å². The van der Waals surface area contributed by atoms with Gasteiger partial charge in [-0.05, 0) is 51.1 Å². The molecule has 1 aliphatic carbocycles. The Bertz CT molecular complexity index is 1110. The summed E-state index contributed by atoms with van der Waals surface area (Å²) in [5, 5.41) is 15.9. The van der Waals surface area contributed by atoms with Crippen molar-refractivity contribution in [3.05, 3.63) is 30.0 Å². The second-order valence-electron chi connectivity index (χ2n) is 8.08. The number of fused-ring (bicyclic) bond motifs is 1. The van der Waals surface area contributed by atoms with Crippen molar-refractivity contribution in [2.45, 2.75) is 56.1 Å². The van der Waals surface area contributed by atoms with Crippen LogP contribution in [0.15, 0.2) is 29.2 Å². The van der Waals surface area contributed by atoms with Gasteiger partial charge >= 0.3 is 12.1 Å². The van der Waals surface area contributed by atoms with Crippen LogP contribution in [0, 0.1) is 0 Å². The Hall–Kier alpha value is -3.21. The first-order valence-corrected chi connectivity index (χ1v) is 11.8. The van der Waals surface area contributed by atoms with Crippen LogP contribution in [0.1, 0.15) is 44.7 Å². The normalized spacial score (nSPS) is 24.8. The highest BCUT2D eigenvalue weighted by Crippen LogP contribution is 2.37. The standard InChI is InChI=1S/C20H26N6O4S/c1-11(2)21-20(28)30-13-8-7-12(9-13)15-10-17(25-24-15)22-14-5-4-6-16-18(14)23-19(27)26-31(16,3)29/h4-6,10-13H,3,7-9H2,1-2H3,(H,21,28)(H2,22,24,25)(H2,23,26,27,29)/t12-,13+,31?/m0/s1. The number of aromatic amines is 1. The minimum absolute atomic E-state index is 0.0344. The van der Waals surface area contributed by atoms with Crippen molar-refractivity contribution in [2.75, 3.05) is 10.6 Å². The Morgan fingerprint density at radius 2 is 2.16 bits per heavy atom. The van der Waals surface area contributed by atoms with E-state index in [0.717, 1.165) is 25.0 Å². The lowest BCUT2D eigenvalue weighted by atomic mass is 10.0. The van der Waals surface area contributed by atoms with Crippen molar-refractivity contribution in [1.29, 1.82) is 0 Å². The number of nitrogens with zero attached hydrogens (tertiary/aromatic N) is 1. The number of ether oxygens (including phenoxy) is 1. The minimum Gasteiger partial charge on any atom is -0.446 e. The minimum atomic E-state index is -2.91. The number of urea groups is 1. The molecule has 0 bridgehead atoms. The number of nitrogens with one attached hydrogen (secondary N) is 5. The highest BCUT2D eigenvalue weighted by atomic mass is 32.2. The number of hydrogen-bond donors (Lipinski definition) is 5. The maximum Gasteiger partial charge on any atom is 0.407 e. The number of carbonyl (C=O) groups excluding carboxylic acids is 2. The number of alkyl carbamates (subject to hydrolysis) is 1. The molecule has 4 rings (SSSR count). The molecule has 31 heavy (non-hydrogen) atoms. The molecule has 2 aromatic rings. The fourth-order valence-electron chi connectivity index (χ4n) is 3.88. The average Bonchev–Trinajstić information content (AvgIpc) is 3.30. The fourth-order valence-corrected chi connectivity index (χ4v) is 5.13. The van der Waals surface area contributed by atoms with Crippen molar-refractivity contribution in [3.8, 4) is 0 Å². The topological polar surface area (TPSA) is 137 Å². The van der Waals surface area contributed by atoms with Crippen LogP contribution in [-0.2, 0) is 14.4 Å². The third-order valence-electron chi connectivity index (χ3n) is 5.24. The molecular weight excluding hydrogens is 420 g/mol. The van der Waals surface area contributed by atoms with Crippen molar-refractivity contribution >= 4 is 44.9 Å². The van der Waals surface area contributed by atoms with Crippen LogP contribution in [0.2, 0.25) is 0 Å². The lowest BCUT2D eigenvalue weighted by Crippen LogP contribution is -2.39. The molecule has 5 N–H and O–H groups in total. The number of H-pyrrole nitrogens is 1. The van der Waals surface area contributed by atoms with Crippen LogP contribution in [0.25, 0.3) is 0 Å². The highest BCUT2D eigenvalue weighted by Gasteiger charge is 2.30. The van der Waals surface area contributed by atoms with E-state index >= 15 is 0 Å². The first kappa shape index (κ1) is 21.0. The maximum absolute atomic E-state index is 12.6. The van der Waals surface area contributed by atoms with E-state index in [2.05, 4.69) is 36.7 Å². The molecule has 0 radical (unpaired) electrons. The van der Waals surface area contributed by atoms with Gasteiger partial charge in [0.1, 0.15) is 6.10 Å². The maximum atomic E-state index is 12.6. The monoisotopic (exact) mass is 446 g/mol. The molecule has 2 heterocycles. The van der Waals surface area contributed by atoms with Gasteiger partial charge in [0, 0.05) is 23.7 Å². The van der Waals surface area contributed by atoms with Gasteiger partial charge in [0.15, 0.2) is 5.82 Å². The lowest BCUT2D eigenvalue weighted by molar-refractivity contribution is 0.0981. The molecule has 11 heteroatoms. The number of benzene rings is 1. The van der Waals surface area contributed by atoms with Gasteiger partial charge in [-0.1, -0.05) is 6.07 Å². The van der Waals surface area contributed by atoms with E-state index in [1.807, 2.05) is 19.9 Å². The van der Waals surface area contributed by atoms with E-state index in [1.165, 1.54) is 0 Å². The summed E-state index contributed by atoms with van der Waals surface area (Å²) in [5.41, 5.74) is 1.93. The number of carbonyl (C=O) groups is 2. The fraction of sp³-hybridized carbons (Fsp3) is 0.400. The SMILES string of the molecule is C=S1(=O)NC(=O)Nc2c(Nc3cc([C@H]4CC[C@@H](OC(=O)NC(C)C)C4)[nH]n3)cccc21. The Balaban J connectivity index is 1.44. The number of aromatic nitrogens is 2. The summed E-state index contributed by atoms with van der Waals surface area (Å²) in [4.78, 5) is 24.1. The van der Waals surface area contributed by atoms with E-state index in [-0.39, 0.29) is 24.2 Å². The Morgan fingerprint density at radius 3 is 2.94 bits per heavy atom. The highest BCUT2D eigenvalue weighted by molar-refractivity contribution is 7.99. The average molecular weight is 447 g/mol. The van der Waals surface area contributed by atoms with Gasteiger partial charge < -0.3 is 20.7 Å². The summed E-state index contributed by atoms with van der Waals surface area (Å²) in [6, 6.07) is 6.52. The molecule has 1 aromatic carbocycles. The van der Waals surface area contributed by atoms with E-state index in [0.29, 0.717) is 22.1 Å². The molecule has 10 nitrogen and oxygen atoms in total. The van der Waals surface area contributed by atoms with Gasteiger partial charge in [0.25, 0.3) is 0 Å². The van der Waals surface area contributed by atoms with Crippen molar-refractivity contribution in [1.82, 2.24) is 20.2 Å². The summed E-state index contributed by atoms with van der Waals surface area (Å²) in [7, 11) is -2.91. The molecule has 2 aliphatic rings. The van der Waals surface area contributed by atoms with Crippen LogP contribution < -0.4 is 20.7 Å². The van der Waals surface area contributed by atoms with Crippen LogP contribution in [-0.4, -0.2) is 44.5 Å². The molecule has 0 saturated heterocycles. The molecule has 3 atom stereocenters. The van der Waals surface area contributed by atoms with Crippen molar-refractivity contribution in [2.24, 2.45) is 0 Å². The molecule has 3 amide bonds. The summed E-state index contributed by atoms with van der Waals surface area (Å²) < 4.78 is 20.5. The van der Waals surface area contributed by atoms with Gasteiger partial charge in [-0.25, -0.2) is 13.8 Å². The Labute approximate surface area is 180 Å². The summed E-state index contributed by atoms with van der Waals surface area (Å²) in [5.74, 6) is 4.40. The van der Waals surface area contributed by atoms with Gasteiger partial charge in [0.2, 0.25) is 0 Å². The van der Waals surface area contributed by atoms with Gasteiger partial charge in [-0.2, -0.15) is 5.10 Å². The van der Waals surface area contributed by atoms with Crippen LogP contribution in [0.3, 0.4) is 0 Å². The summed E-state index contributed by atoms with van der Waals surface area (Å²) in [6.45, 7) is 3.78. The lowest BCUT2D eigenvalue weighted by Gasteiger charge is -2.24. The van der Waals surface area contributed by atoms with Gasteiger partial charge in [0.05, 0.1) is 26.0 Å². The summed E-state index contributed by atoms with van der Waals surface area (Å²) in [6.07, 6.45) is 1.88. The van der Waals surface area contributed by atoms with Gasteiger partial charge in [-0.3, -0.25) is 9.82 Å². The zero-order valence-corrected chi connectivity index (χ0v) is 18.2.